The van der Waals surface area contributed by atoms with E-state index in [1.54, 1.807) is 31.2 Å². The van der Waals surface area contributed by atoms with Gasteiger partial charge < -0.3 is 5.11 Å². The van der Waals surface area contributed by atoms with Gasteiger partial charge in [-0.25, -0.2) is 4.39 Å². The predicted molar refractivity (Wildman–Crippen MR) is 61.7 cm³/mol. The molecule has 0 bridgehead atoms. The summed E-state index contributed by atoms with van der Waals surface area (Å²) in [6, 6.07) is 7.96. The topological polar surface area (TPSA) is 20.2 Å². The van der Waals surface area contributed by atoms with Crippen molar-refractivity contribution >= 4 is 10.8 Å². The van der Waals surface area contributed by atoms with Gasteiger partial charge in [0.25, 0.3) is 0 Å². The Bertz CT molecular complexity index is 463. The monoisotopic (exact) mass is 206 g/mol. The highest BCUT2D eigenvalue weighted by molar-refractivity contribution is 5.87. The standard InChI is InChI=1S/C11H9FO.C2H6/c1-7-5-9(13)6-8-3-2-4-10(12)11(7)8;1-2/h2-6,13H,1H3;1-2H3. The van der Waals surface area contributed by atoms with Crippen LogP contribution in [0.3, 0.4) is 0 Å². The summed E-state index contributed by atoms with van der Waals surface area (Å²) in [4.78, 5) is 0. The van der Waals surface area contributed by atoms with E-state index in [2.05, 4.69) is 0 Å². The second-order valence-electron chi connectivity index (χ2n) is 3.10. The van der Waals surface area contributed by atoms with Gasteiger partial charge in [-0.15, -0.1) is 0 Å². The summed E-state index contributed by atoms with van der Waals surface area (Å²) in [6.07, 6.45) is 0. The first-order valence-electron chi connectivity index (χ1n) is 5.06. The minimum Gasteiger partial charge on any atom is -0.508 e. The lowest BCUT2D eigenvalue weighted by Gasteiger charge is -2.03. The summed E-state index contributed by atoms with van der Waals surface area (Å²) in [5.74, 6) is -0.0643. The molecule has 80 valence electrons. The molecule has 15 heavy (non-hydrogen) atoms. The zero-order chi connectivity index (χ0) is 11.4. The molecule has 1 nitrogen and oxygen atoms in total. The summed E-state index contributed by atoms with van der Waals surface area (Å²) in [6.45, 7) is 5.78. The van der Waals surface area contributed by atoms with E-state index in [9.17, 15) is 9.50 Å². The SMILES string of the molecule is CC.Cc1cc(O)cc2cccc(F)c12. The number of aromatic hydroxyl groups is 1. The Hall–Kier alpha value is -1.57. The molecule has 0 aromatic heterocycles. The van der Waals surface area contributed by atoms with Gasteiger partial charge in [0.2, 0.25) is 0 Å². The molecule has 0 amide bonds. The average molecular weight is 206 g/mol. The van der Waals surface area contributed by atoms with Crippen LogP contribution in [0.5, 0.6) is 5.75 Å². The van der Waals surface area contributed by atoms with E-state index in [0.717, 1.165) is 10.9 Å². The van der Waals surface area contributed by atoms with E-state index in [4.69, 9.17) is 0 Å². The van der Waals surface area contributed by atoms with Gasteiger partial charge in [-0.05, 0) is 36.1 Å². The third-order valence-electron chi connectivity index (χ3n) is 2.11. The van der Waals surface area contributed by atoms with Crippen LogP contribution < -0.4 is 0 Å². The van der Waals surface area contributed by atoms with Crippen LogP contribution in [-0.4, -0.2) is 5.11 Å². The van der Waals surface area contributed by atoms with Gasteiger partial charge in [0.1, 0.15) is 11.6 Å². The van der Waals surface area contributed by atoms with Crippen molar-refractivity contribution in [2.24, 2.45) is 0 Å². The molecule has 0 spiro atoms. The lowest BCUT2D eigenvalue weighted by atomic mass is 10.0. The minimum atomic E-state index is -0.241. The largest absolute Gasteiger partial charge is 0.508 e. The number of aryl methyl sites for hydroxylation is 1. The van der Waals surface area contributed by atoms with Crippen LogP contribution in [-0.2, 0) is 0 Å². The number of hydrogen-bond donors (Lipinski definition) is 1. The molecule has 2 aromatic rings. The van der Waals surface area contributed by atoms with Crippen molar-refractivity contribution in [2.75, 3.05) is 0 Å². The zero-order valence-electron chi connectivity index (χ0n) is 9.21. The third kappa shape index (κ3) is 2.27. The minimum absolute atomic E-state index is 0.176. The molecule has 0 atom stereocenters. The first-order chi connectivity index (χ1) is 7.18. The second-order valence-corrected chi connectivity index (χ2v) is 3.10. The lowest BCUT2D eigenvalue weighted by molar-refractivity contribution is 0.475. The first kappa shape index (κ1) is 11.5. The van der Waals surface area contributed by atoms with Gasteiger partial charge in [-0.2, -0.15) is 0 Å². The summed E-state index contributed by atoms with van der Waals surface area (Å²) < 4.78 is 13.3. The number of hydrogen-bond acceptors (Lipinski definition) is 1. The summed E-state index contributed by atoms with van der Waals surface area (Å²) in [5.41, 5.74) is 0.758. The van der Waals surface area contributed by atoms with Gasteiger partial charge in [0, 0.05) is 5.39 Å². The van der Waals surface area contributed by atoms with Gasteiger partial charge >= 0.3 is 0 Å². The Morgan fingerprint density at radius 3 is 2.47 bits per heavy atom. The summed E-state index contributed by atoms with van der Waals surface area (Å²) >= 11 is 0. The molecular formula is C13H15FO. The number of fused-ring (bicyclic) bond motifs is 1. The van der Waals surface area contributed by atoms with Crippen molar-refractivity contribution in [1.29, 1.82) is 0 Å². The molecule has 2 aromatic carbocycles. The maximum Gasteiger partial charge on any atom is 0.131 e. The fraction of sp³-hybridized carbons (Fsp3) is 0.231. The molecule has 0 aliphatic rings. The molecule has 2 heteroatoms. The van der Waals surface area contributed by atoms with E-state index in [1.807, 2.05) is 13.8 Å². The van der Waals surface area contributed by atoms with E-state index in [-0.39, 0.29) is 11.6 Å². The molecule has 0 aliphatic carbocycles. The van der Waals surface area contributed by atoms with Crippen molar-refractivity contribution in [3.05, 3.63) is 41.7 Å². The molecule has 0 heterocycles. The van der Waals surface area contributed by atoms with Crippen LogP contribution in [0, 0.1) is 12.7 Å². The third-order valence-corrected chi connectivity index (χ3v) is 2.11. The van der Waals surface area contributed by atoms with Gasteiger partial charge in [0.05, 0.1) is 0 Å². The molecule has 0 saturated carbocycles. The highest BCUT2D eigenvalue weighted by Gasteiger charge is 2.04. The number of halogens is 1. The second kappa shape index (κ2) is 4.78. The zero-order valence-corrected chi connectivity index (χ0v) is 9.21. The molecular weight excluding hydrogens is 191 g/mol. The maximum absolute atomic E-state index is 13.3. The smallest absolute Gasteiger partial charge is 0.131 e. The predicted octanol–water partition coefficient (Wildman–Crippen LogP) is 4.02. The van der Waals surface area contributed by atoms with Crippen LogP contribution in [0.15, 0.2) is 30.3 Å². The van der Waals surface area contributed by atoms with Crippen LogP contribution in [0.1, 0.15) is 19.4 Å². The molecule has 1 N–H and O–H groups in total. The molecule has 0 aliphatic heterocycles. The van der Waals surface area contributed by atoms with Gasteiger partial charge in [-0.1, -0.05) is 26.0 Å². The Kier molecular flexibility index (Phi) is 3.67. The lowest BCUT2D eigenvalue weighted by Crippen LogP contribution is -1.83. The van der Waals surface area contributed by atoms with E-state index < -0.39 is 0 Å². The number of phenolic OH excluding ortho intramolecular Hbond substituents is 1. The highest BCUT2D eigenvalue weighted by Crippen LogP contribution is 2.25. The van der Waals surface area contributed by atoms with Crippen LogP contribution in [0.4, 0.5) is 4.39 Å². The Morgan fingerprint density at radius 1 is 1.13 bits per heavy atom. The van der Waals surface area contributed by atoms with Crippen molar-refractivity contribution < 1.29 is 9.50 Å². The highest BCUT2D eigenvalue weighted by atomic mass is 19.1. The fourth-order valence-corrected chi connectivity index (χ4v) is 1.57. The molecule has 0 unspecified atom stereocenters. The molecule has 2 rings (SSSR count). The first-order valence-corrected chi connectivity index (χ1v) is 5.06. The molecule has 0 saturated heterocycles. The Morgan fingerprint density at radius 2 is 1.80 bits per heavy atom. The normalized spacial score (nSPS) is 9.60. The fourth-order valence-electron chi connectivity index (χ4n) is 1.57. The van der Waals surface area contributed by atoms with Gasteiger partial charge in [0.15, 0.2) is 0 Å². The van der Waals surface area contributed by atoms with Crippen molar-refractivity contribution in [1.82, 2.24) is 0 Å². The van der Waals surface area contributed by atoms with E-state index in [0.29, 0.717) is 5.39 Å². The van der Waals surface area contributed by atoms with Crippen molar-refractivity contribution in [3.8, 4) is 5.75 Å². The number of rotatable bonds is 0. The quantitative estimate of drug-likeness (QED) is 0.690. The summed E-state index contributed by atoms with van der Waals surface area (Å²) in [7, 11) is 0. The maximum atomic E-state index is 13.3. The van der Waals surface area contributed by atoms with Crippen molar-refractivity contribution in [2.45, 2.75) is 20.8 Å². The molecule has 0 radical (unpaired) electrons. The number of benzene rings is 2. The molecule has 0 fully saturated rings. The Balaban J connectivity index is 0.000000531. The van der Waals surface area contributed by atoms with E-state index >= 15 is 0 Å². The van der Waals surface area contributed by atoms with Crippen LogP contribution >= 0.6 is 0 Å². The number of phenols is 1. The van der Waals surface area contributed by atoms with Gasteiger partial charge in [-0.3, -0.25) is 0 Å². The van der Waals surface area contributed by atoms with Crippen LogP contribution in [0.25, 0.3) is 10.8 Å². The van der Waals surface area contributed by atoms with E-state index in [1.165, 1.54) is 6.07 Å². The Labute approximate surface area is 89.2 Å². The average Bonchev–Trinajstić information content (AvgIpc) is 2.19. The van der Waals surface area contributed by atoms with Crippen molar-refractivity contribution in [3.63, 3.8) is 0 Å². The summed E-state index contributed by atoms with van der Waals surface area (Å²) in [5, 5.41) is 10.6. The van der Waals surface area contributed by atoms with Crippen LogP contribution in [0.2, 0.25) is 0 Å².